The summed E-state index contributed by atoms with van der Waals surface area (Å²) in [6.45, 7) is 0.618. The lowest BCUT2D eigenvalue weighted by Crippen LogP contribution is -2.24. The lowest BCUT2D eigenvalue weighted by molar-refractivity contribution is 0.0959. The van der Waals surface area contributed by atoms with E-state index in [4.69, 9.17) is 5.73 Å². The summed E-state index contributed by atoms with van der Waals surface area (Å²) < 4.78 is 14.1. The Hall–Kier alpha value is -1.88. The van der Waals surface area contributed by atoms with Crippen LogP contribution in [0, 0.1) is 5.82 Å². The molecule has 0 fully saturated rings. The Balaban J connectivity index is 1.70. The molecule has 0 bridgehead atoms. The van der Waals surface area contributed by atoms with Crippen molar-refractivity contribution in [2.45, 2.75) is 25.7 Å². The summed E-state index contributed by atoms with van der Waals surface area (Å²) >= 11 is 1.31. The summed E-state index contributed by atoms with van der Waals surface area (Å²) in [5.74, 6) is -0.514. The fourth-order valence-corrected chi connectivity index (χ4v) is 3.66. The highest BCUT2D eigenvalue weighted by Crippen LogP contribution is 2.34. The number of nitrogens with two attached hydrogens (primary N) is 1. The number of anilines is 1. The van der Waals surface area contributed by atoms with Gasteiger partial charge in [-0.25, -0.2) is 4.39 Å². The Morgan fingerprint density at radius 2 is 2.29 bits per heavy atom. The molecular formula is C16H17FN2OS. The maximum absolute atomic E-state index is 13.2. The molecule has 3 nitrogen and oxygen atoms in total. The summed E-state index contributed by atoms with van der Waals surface area (Å²) in [7, 11) is 0. The predicted octanol–water partition coefficient (Wildman–Crippen LogP) is 3.85. The van der Waals surface area contributed by atoms with Gasteiger partial charge >= 0.3 is 0 Å². The Labute approximate surface area is 126 Å². The standard InChI is InChI=1S/C16H17FN2OS/c17-11-5-6-13-12(9-11)14(18)15(21-13)16(20)19-8-7-10-3-1-2-4-10/h3,5-6,9H,1-2,4,7-8,18H2,(H,19,20). The van der Waals surface area contributed by atoms with Crippen molar-refractivity contribution in [1.29, 1.82) is 0 Å². The number of hydrogen-bond donors (Lipinski definition) is 2. The molecule has 0 unspecified atom stereocenters. The van der Waals surface area contributed by atoms with Crippen molar-refractivity contribution in [3.63, 3.8) is 0 Å². The lowest BCUT2D eigenvalue weighted by Gasteiger charge is -2.05. The van der Waals surface area contributed by atoms with E-state index in [9.17, 15) is 9.18 Å². The molecule has 1 amide bonds. The first-order chi connectivity index (χ1) is 10.1. The fraction of sp³-hybridized carbons (Fsp3) is 0.312. The SMILES string of the molecule is Nc1c(C(=O)NCCC2=CCCC2)sc2ccc(F)cc12. The highest BCUT2D eigenvalue weighted by atomic mass is 32.1. The molecule has 0 atom stereocenters. The summed E-state index contributed by atoms with van der Waals surface area (Å²) in [5.41, 5.74) is 7.76. The molecule has 1 aromatic heterocycles. The van der Waals surface area contributed by atoms with Crippen LogP contribution in [0.1, 0.15) is 35.4 Å². The molecule has 1 heterocycles. The van der Waals surface area contributed by atoms with Gasteiger partial charge in [0.1, 0.15) is 10.7 Å². The third-order valence-corrected chi connectivity index (χ3v) is 4.95. The van der Waals surface area contributed by atoms with Crippen molar-refractivity contribution in [2.75, 3.05) is 12.3 Å². The minimum Gasteiger partial charge on any atom is -0.397 e. The average molecular weight is 304 g/mol. The summed E-state index contributed by atoms with van der Waals surface area (Å²) in [6.07, 6.45) is 6.66. The van der Waals surface area contributed by atoms with Crippen LogP contribution in [0.3, 0.4) is 0 Å². The van der Waals surface area contributed by atoms with Gasteiger partial charge in [-0.1, -0.05) is 11.6 Å². The van der Waals surface area contributed by atoms with Gasteiger partial charge in [-0.05, 0) is 43.9 Å². The second-order valence-corrected chi connectivity index (χ2v) is 6.30. The van der Waals surface area contributed by atoms with Crippen LogP contribution in [0.5, 0.6) is 0 Å². The van der Waals surface area contributed by atoms with Gasteiger partial charge in [0.25, 0.3) is 5.91 Å². The zero-order valence-electron chi connectivity index (χ0n) is 11.6. The number of carbonyl (C=O) groups is 1. The Morgan fingerprint density at radius 1 is 1.43 bits per heavy atom. The molecule has 0 aliphatic heterocycles. The first kappa shape index (κ1) is 14.1. The van der Waals surface area contributed by atoms with Gasteiger partial charge in [0.15, 0.2) is 0 Å². The Bertz CT molecular complexity index is 720. The minimum atomic E-state index is -0.341. The van der Waals surface area contributed by atoms with Crippen molar-refractivity contribution in [3.05, 3.63) is 40.5 Å². The molecule has 3 rings (SSSR count). The van der Waals surface area contributed by atoms with Gasteiger partial charge in [-0.15, -0.1) is 11.3 Å². The van der Waals surface area contributed by atoms with Crippen LogP contribution in [0.4, 0.5) is 10.1 Å². The second-order valence-electron chi connectivity index (χ2n) is 5.25. The van der Waals surface area contributed by atoms with Crippen LogP contribution >= 0.6 is 11.3 Å². The van der Waals surface area contributed by atoms with E-state index < -0.39 is 0 Å². The molecule has 0 saturated heterocycles. The number of nitrogen functional groups attached to an aromatic ring is 1. The van der Waals surface area contributed by atoms with E-state index >= 15 is 0 Å². The van der Waals surface area contributed by atoms with Crippen LogP contribution in [0.25, 0.3) is 10.1 Å². The molecule has 1 aromatic carbocycles. The molecular weight excluding hydrogens is 287 g/mol. The topological polar surface area (TPSA) is 55.1 Å². The normalized spacial score (nSPS) is 14.4. The largest absolute Gasteiger partial charge is 0.397 e. The smallest absolute Gasteiger partial charge is 0.263 e. The summed E-state index contributed by atoms with van der Waals surface area (Å²) in [5, 5.41) is 3.51. The van der Waals surface area contributed by atoms with Crippen molar-refractivity contribution in [3.8, 4) is 0 Å². The number of nitrogens with one attached hydrogen (secondary N) is 1. The number of allylic oxidation sites excluding steroid dienone is 1. The molecule has 1 aliphatic carbocycles. The van der Waals surface area contributed by atoms with Gasteiger partial charge < -0.3 is 11.1 Å². The van der Waals surface area contributed by atoms with Crippen molar-refractivity contribution in [2.24, 2.45) is 0 Å². The van der Waals surface area contributed by atoms with E-state index in [1.165, 1.54) is 35.5 Å². The number of thiophene rings is 1. The van der Waals surface area contributed by atoms with E-state index in [-0.39, 0.29) is 11.7 Å². The number of hydrogen-bond acceptors (Lipinski definition) is 3. The van der Waals surface area contributed by atoms with Gasteiger partial charge in [0.05, 0.1) is 5.69 Å². The average Bonchev–Trinajstić information content (AvgIpc) is 3.08. The van der Waals surface area contributed by atoms with Crippen molar-refractivity contribution >= 4 is 33.0 Å². The predicted molar refractivity (Wildman–Crippen MR) is 85.1 cm³/mol. The van der Waals surface area contributed by atoms with Crippen molar-refractivity contribution in [1.82, 2.24) is 5.32 Å². The third-order valence-electron chi connectivity index (χ3n) is 3.76. The summed E-state index contributed by atoms with van der Waals surface area (Å²) in [4.78, 5) is 12.7. The molecule has 5 heteroatoms. The molecule has 0 saturated carbocycles. The van der Waals surface area contributed by atoms with Gasteiger partial charge in [-0.3, -0.25) is 4.79 Å². The number of carbonyl (C=O) groups excluding carboxylic acids is 1. The van der Waals surface area contributed by atoms with Crippen molar-refractivity contribution < 1.29 is 9.18 Å². The van der Waals surface area contributed by atoms with Crippen LogP contribution in [0.15, 0.2) is 29.8 Å². The van der Waals surface area contributed by atoms with Crippen LogP contribution in [0.2, 0.25) is 0 Å². The maximum Gasteiger partial charge on any atom is 0.263 e. The third kappa shape index (κ3) is 2.93. The zero-order valence-corrected chi connectivity index (χ0v) is 12.4. The Morgan fingerprint density at radius 3 is 3.05 bits per heavy atom. The number of halogens is 1. The van der Waals surface area contributed by atoms with E-state index in [1.807, 2.05) is 0 Å². The Kier molecular flexibility index (Phi) is 3.92. The highest BCUT2D eigenvalue weighted by molar-refractivity contribution is 7.21. The highest BCUT2D eigenvalue weighted by Gasteiger charge is 2.16. The van der Waals surface area contributed by atoms with Crippen LogP contribution < -0.4 is 11.1 Å². The van der Waals surface area contributed by atoms with Gasteiger partial charge in [0, 0.05) is 16.6 Å². The molecule has 110 valence electrons. The van der Waals surface area contributed by atoms with E-state index in [1.54, 1.807) is 6.07 Å². The molecule has 0 spiro atoms. The minimum absolute atomic E-state index is 0.173. The number of rotatable bonds is 4. The van der Waals surface area contributed by atoms with Crippen LogP contribution in [-0.4, -0.2) is 12.5 Å². The quantitative estimate of drug-likeness (QED) is 0.843. The zero-order chi connectivity index (χ0) is 14.8. The molecule has 2 aromatic rings. The number of amides is 1. The first-order valence-corrected chi connectivity index (χ1v) is 7.90. The maximum atomic E-state index is 13.2. The summed E-state index contributed by atoms with van der Waals surface area (Å²) in [6, 6.07) is 4.42. The van der Waals surface area contributed by atoms with E-state index in [0.717, 1.165) is 24.0 Å². The number of fused-ring (bicyclic) bond motifs is 1. The first-order valence-electron chi connectivity index (χ1n) is 7.09. The number of benzene rings is 1. The fourth-order valence-electron chi connectivity index (χ4n) is 2.64. The van der Waals surface area contributed by atoms with E-state index in [0.29, 0.717) is 22.5 Å². The monoisotopic (exact) mass is 304 g/mol. The lowest BCUT2D eigenvalue weighted by atomic mass is 10.1. The van der Waals surface area contributed by atoms with Crippen LogP contribution in [-0.2, 0) is 0 Å². The van der Waals surface area contributed by atoms with Gasteiger partial charge in [-0.2, -0.15) is 0 Å². The molecule has 0 radical (unpaired) electrons. The molecule has 3 N–H and O–H groups in total. The second kappa shape index (κ2) is 5.85. The van der Waals surface area contributed by atoms with E-state index in [2.05, 4.69) is 11.4 Å². The molecule has 21 heavy (non-hydrogen) atoms. The van der Waals surface area contributed by atoms with Gasteiger partial charge in [0.2, 0.25) is 0 Å². The molecule has 1 aliphatic rings.